The van der Waals surface area contributed by atoms with Crippen LogP contribution in [0.1, 0.15) is 34.9 Å². The van der Waals surface area contributed by atoms with E-state index in [1.54, 1.807) is 0 Å². The van der Waals surface area contributed by atoms with Crippen molar-refractivity contribution in [3.63, 3.8) is 0 Å². The first-order valence-corrected chi connectivity index (χ1v) is 8.61. The molecule has 0 saturated carbocycles. The minimum absolute atomic E-state index is 0.441. The number of hydrogen-bond donors (Lipinski definition) is 1. The number of aryl methyl sites for hydroxylation is 2. The first-order chi connectivity index (χ1) is 10.1. The number of thiophene rings is 1. The molecule has 1 aromatic heterocycles. The molecule has 0 aliphatic carbocycles. The van der Waals surface area contributed by atoms with E-state index in [0.717, 1.165) is 17.3 Å². The molecule has 1 aromatic carbocycles. The molecule has 1 aliphatic rings. The van der Waals surface area contributed by atoms with E-state index >= 15 is 0 Å². The first kappa shape index (κ1) is 14.5. The van der Waals surface area contributed by atoms with Crippen molar-refractivity contribution in [1.82, 2.24) is 4.90 Å². The van der Waals surface area contributed by atoms with Gasteiger partial charge in [0, 0.05) is 17.1 Å². The maximum atomic E-state index is 5.65. The second kappa shape index (κ2) is 6.16. The van der Waals surface area contributed by atoms with Gasteiger partial charge in [-0.15, -0.1) is 11.3 Å². The lowest BCUT2D eigenvalue weighted by Gasteiger charge is -2.27. The lowest BCUT2D eigenvalue weighted by molar-refractivity contribution is 0.412. The second-order valence-electron chi connectivity index (χ2n) is 5.67. The topological polar surface area (TPSA) is 15.3 Å². The van der Waals surface area contributed by atoms with E-state index in [1.165, 1.54) is 28.8 Å². The van der Waals surface area contributed by atoms with Gasteiger partial charge in [-0.2, -0.15) is 0 Å². The molecule has 3 rings (SSSR count). The van der Waals surface area contributed by atoms with Crippen LogP contribution >= 0.6 is 23.6 Å². The quantitative estimate of drug-likeness (QED) is 0.793. The molecule has 1 atom stereocenters. The zero-order valence-electron chi connectivity index (χ0n) is 12.4. The standard InChI is InChI=1S/C17H20N2S2/c1-12-9-13(2)11-14(10-12)18-17(20)19-7-3-5-15(19)16-6-4-8-21-16/h4,6,8-11,15H,3,5,7H2,1-2H3,(H,18,20)/t15-/m1/s1. The number of likely N-dealkylation sites (tertiary alicyclic amines) is 1. The van der Waals surface area contributed by atoms with Gasteiger partial charge in [-0.25, -0.2) is 0 Å². The molecule has 110 valence electrons. The Morgan fingerprint density at radius 3 is 2.71 bits per heavy atom. The number of hydrogen-bond acceptors (Lipinski definition) is 2. The molecule has 0 radical (unpaired) electrons. The summed E-state index contributed by atoms with van der Waals surface area (Å²) in [6, 6.07) is 11.3. The van der Waals surface area contributed by atoms with Crippen LogP contribution in [0.25, 0.3) is 0 Å². The van der Waals surface area contributed by atoms with Crippen molar-refractivity contribution in [3.8, 4) is 0 Å². The third-order valence-corrected chi connectivity index (χ3v) is 5.17. The summed E-state index contributed by atoms with van der Waals surface area (Å²) in [5, 5.41) is 6.41. The second-order valence-corrected chi connectivity index (χ2v) is 7.04. The maximum absolute atomic E-state index is 5.65. The fourth-order valence-electron chi connectivity index (χ4n) is 3.03. The fraction of sp³-hybridized carbons (Fsp3) is 0.353. The molecule has 0 unspecified atom stereocenters. The van der Waals surface area contributed by atoms with Gasteiger partial charge in [-0.3, -0.25) is 0 Å². The van der Waals surface area contributed by atoms with Gasteiger partial charge in [0.15, 0.2) is 5.11 Å². The molecular formula is C17H20N2S2. The zero-order chi connectivity index (χ0) is 14.8. The Balaban J connectivity index is 1.75. The summed E-state index contributed by atoms with van der Waals surface area (Å²) in [6.07, 6.45) is 2.40. The largest absolute Gasteiger partial charge is 0.341 e. The van der Waals surface area contributed by atoms with Gasteiger partial charge in [0.25, 0.3) is 0 Å². The smallest absolute Gasteiger partial charge is 0.173 e. The summed E-state index contributed by atoms with van der Waals surface area (Å²) in [5.74, 6) is 0. The third-order valence-electron chi connectivity index (χ3n) is 3.86. The van der Waals surface area contributed by atoms with E-state index in [9.17, 15) is 0 Å². The number of nitrogens with one attached hydrogen (secondary N) is 1. The Morgan fingerprint density at radius 2 is 2.05 bits per heavy atom. The lowest BCUT2D eigenvalue weighted by Crippen LogP contribution is -2.33. The summed E-state index contributed by atoms with van der Waals surface area (Å²) >= 11 is 7.48. The molecule has 1 aliphatic heterocycles. The minimum atomic E-state index is 0.441. The predicted octanol–water partition coefficient (Wildman–Crippen LogP) is 4.90. The predicted molar refractivity (Wildman–Crippen MR) is 95.1 cm³/mol. The van der Waals surface area contributed by atoms with Crippen molar-refractivity contribution < 1.29 is 0 Å². The highest BCUT2D eigenvalue weighted by Crippen LogP contribution is 2.34. The molecule has 1 fully saturated rings. The number of rotatable bonds is 2. The number of nitrogens with zero attached hydrogens (tertiary/aromatic N) is 1. The molecule has 1 N–H and O–H groups in total. The highest BCUT2D eigenvalue weighted by Gasteiger charge is 2.28. The molecule has 2 heterocycles. The fourth-order valence-corrected chi connectivity index (χ4v) is 4.24. The summed E-state index contributed by atoms with van der Waals surface area (Å²) < 4.78 is 0. The van der Waals surface area contributed by atoms with Gasteiger partial charge in [0.2, 0.25) is 0 Å². The summed E-state index contributed by atoms with van der Waals surface area (Å²) in [7, 11) is 0. The van der Waals surface area contributed by atoms with E-state index in [4.69, 9.17) is 12.2 Å². The van der Waals surface area contributed by atoms with Crippen molar-refractivity contribution in [2.75, 3.05) is 11.9 Å². The monoisotopic (exact) mass is 316 g/mol. The van der Waals surface area contributed by atoms with Crippen LogP contribution in [0.15, 0.2) is 35.7 Å². The van der Waals surface area contributed by atoms with Crippen molar-refractivity contribution in [3.05, 3.63) is 51.7 Å². The molecule has 0 bridgehead atoms. The summed E-state index contributed by atoms with van der Waals surface area (Å²) in [5.41, 5.74) is 3.61. The van der Waals surface area contributed by atoms with Crippen LogP contribution in [-0.4, -0.2) is 16.6 Å². The van der Waals surface area contributed by atoms with Crippen LogP contribution in [0.5, 0.6) is 0 Å². The Bertz CT molecular complexity index is 614. The number of anilines is 1. The van der Waals surface area contributed by atoms with Crippen LogP contribution in [-0.2, 0) is 0 Å². The van der Waals surface area contributed by atoms with E-state index in [-0.39, 0.29) is 0 Å². The number of thiocarbonyl (C=S) groups is 1. The summed E-state index contributed by atoms with van der Waals surface area (Å²) in [6.45, 7) is 5.27. The van der Waals surface area contributed by atoms with Crippen molar-refractivity contribution >= 4 is 34.4 Å². The maximum Gasteiger partial charge on any atom is 0.173 e. The minimum Gasteiger partial charge on any atom is -0.341 e. The van der Waals surface area contributed by atoms with E-state index in [2.05, 4.69) is 59.8 Å². The molecule has 21 heavy (non-hydrogen) atoms. The molecule has 2 aromatic rings. The van der Waals surface area contributed by atoms with Crippen LogP contribution in [0.2, 0.25) is 0 Å². The van der Waals surface area contributed by atoms with Gasteiger partial charge >= 0.3 is 0 Å². The highest BCUT2D eigenvalue weighted by atomic mass is 32.1. The molecule has 2 nitrogen and oxygen atoms in total. The van der Waals surface area contributed by atoms with Crippen molar-refractivity contribution in [1.29, 1.82) is 0 Å². The van der Waals surface area contributed by atoms with Gasteiger partial charge < -0.3 is 10.2 Å². The van der Waals surface area contributed by atoms with Crippen LogP contribution in [0, 0.1) is 13.8 Å². The molecule has 0 amide bonds. The zero-order valence-corrected chi connectivity index (χ0v) is 14.1. The Kier molecular flexibility index (Phi) is 4.27. The lowest BCUT2D eigenvalue weighted by atomic mass is 10.1. The Morgan fingerprint density at radius 1 is 1.29 bits per heavy atom. The molecule has 0 spiro atoms. The summed E-state index contributed by atoms with van der Waals surface area (Å²) in [4.78, 5) is 3.75. The van der Waals surface area contributed by atoms with E-state index in [1.807, 2.05) is 11.3 Å². The molecule has 1 saturated heterocycles. The van der Waals surface area contributed by atoms with Gasteiger partial charge in [0.05, 0.1) is 6.04 Å². The highest BCUT2D eigenvalue weighted by molar-refractivity contribution is 7.80. The van der Waals surface area contributed by atoms with Gasteiger partial charge in [0.1, 0.15) is 0 Å². The average molecular weight is 316 g/mol. The van der Waals surface area contributed by atoms with Crippen LogP contribution < -0.4 is 5.32 Å². The van der Waals surface area contributed by atoms with Gasteiger partial charge in [-0.1, -0.05) is 12.1 Å². The van der Waals surface area contributed by atoms with Crippen molar-refractivity contribution in [2.24, 2.45) is 0 Å². The van der Waals surface area contributed by atoms with Crippen molar-refractivity contribution in [2.45, 2.75) is 32.7 Å². The normalized spacial score (nSPS) is 18.0. The van der Waals surface area contributed by atoms with Crippen LogP contribution in [0.3, 0.4) is 0 Å². The van der Waals surface area contributed by atoms with E-state index < -0.39 is 0 Å². The van der Waals surface area contributed by atoms with E-state index in [0.29, 0.717) is 6.04 Å². The van der Waals surface area contributed by atoms with Crippen LogP contribution in [0.4, 0.5) is 5.69 Å². The SMILES string of the molecule is Cc1cc(C)cc(NC(=S)N2CCC[C@@H]2c2cccs2)c1. The Labute approximate surface area is 135 Å². The number of benzene rings is 1. The molecule has 4 heteroatoms. The Hall–Kier alpha value is -1.39. The first-order valence-electron chi connectivity index (χ1n) is 7.33. The van der Waals surface area contributed by atoms with Gasteiger partial charge in [-0.05, 0) is 73.6 Å². The average Bonchev–Trinajstić information content (AvgIpc) is 3.08. The molecular weight excluding hydrogens is 296 g/mol. The third kappa shape index (κ3) is 3.27.